The van der Waals surface area contributed by atoms with E-state index in [9.17, 15) is 4.79 Å². The summed E-state index contributed by atoms with van der Waals surface area (Å²) in [7, 11) is 0. The second-order valence-electron chi connectivity index (χ2n) is 7.20. The smallest absolute Gasteiger partial charge is 0.257 e. The molecular weight excluding hydrogens is 412 g/mol. The van der Waals surface area contributed by atoms with Gasteiger partial charge in [0.1, 0.15) is 5.52 Å². The first kappa shape index (κ1) is 19.5. The van der Waals surface area contributed by atoms with Crippen molar-refractivity contribution in [1.82, 2.24) is 10.3 Å². The lowest BCUT2D eigenvalue weighted by Gasteiger charge is -2.16. The molecule has 0 unspecified atom stereocenters. The maximum atomic E-state index is 13.0. The summed E-state index contributed by atoms with van der Waals surface area (Å²) in [6.45, 7) is 2.18. The van der Waals surface area contributed by atoms with Crippen LogP contribution in [0.25, 0.3) is 11.1 Å². The van der Waals surface area contributed by atoms with Gasteiger partial charge in [0.2, 0.25) is 6.79 Å². The Hall–Kier alpha value is -3.45. The molecule has 0 spiro atoms. The Bertz CT molecular complexity index is 1220. The van der Waals surface area contributed by atoms with Gasteiger partial charge in [-0.3, -0.25) is 4.79 Å². The Balaban J connectivity index is 1.29. The van der Waals surface area contributed by atoms with Crippen molar-refractivity contribution in [3.05, 3.63) is 83.4 Å². The summed E-state index contributed by atoms with van der Waals surface area (Å²) in [5.74, 6) is 1.88. The summed E-state index contributed by atoms with van der Waals surface area (Å²) in [5, 5.41) is 3.67. The number of nitrogens with zero attached hydrogens (tertiary/aromatic N) is 1. The molecule has 0 saturated heterocycles. The Morgan fingerprint density at radius 2 is 1.87 bits per heavy atom. The lowest BCUT2D eigenvalue weighted by Crippen LogP contribution is -2.27. The second-order valence-corrected chi connectivity index (χ2v) is 8.13. The van der Waals surface area contributed by atoms with Gasteiger partial charge in [0, 0.05) is 11.3 Å². The SMILES string of the molecule is C[C@H](NC(=O)c1ccccc1CSc1nc2ccccc2o1)c1ccc2c(c1)OCO2. The van der Waals surface area contributed by atoms with Gasteiger partial charge in [-0.25, -0.2) is 4.98 Å². The number of oxazole rings is 1. The van der Waals surface area contributed by atoms with Crippen molar-refractivity contribution in [3.63, 3.8) is 0 Å². The Morgan fingerprint density at radius 1 is 1.06 bits per heavy atom. The maximum absolute atomic E-state index is 13.0. The van der Waals surface area contributed by atoms with E-state index in [0.717, 1.165) is 28.0 Å². The number of hydrogen-bond acceptors (Lipinski definition) is 6. The van der Waals surface area contributed by atoms with E-state index < -0.39 is 0 Å². The third-order valence-electron chi connectivity index (χ3n) is 5.13. The van der Waals surface area contributed by atoms with Crippen molar-refractivity contribution in [2.24, 2.45) is 0 Å². The zero-order valence-electron chi connectivity index (χ0n) is 16.8. The van der Waals surface area contributed by atoms with Crippen molar-refractivity contribution in [3.8, 4) is 11.5 Å². The van der Waals surface area contributed by atoms with Crippen molar-refractivity contribution < 1.29 is 18.7 Å². The molecule has 4 aromatic rings. The fourth-order valence-corrected chi connectivity index (χ4v) is 4.30. The maximum Gasteiger partial charge on any atom is 0.257 e. The lowest BCUT2D eigenvalue weighted by atomic mass is 10.1. The van der Waals surface area contributed by atoms with Gasteiger partial charge in [0.15, 0.2) is 17.1 Å². The number of aromatic nitrogens is 1. The van der Waals surface area contributed by atoms with Gasteiger partial charge in [0.25, 0.3) is 11.1 Å². The van der Waals surface area contributed by atoms with E-state index in [4.69, 9.17) is 13.9 Å². The number of thioether (sulfide) groups is 1. The molecule has 1 atom stereocenters. The summed E-state index contributed by atoms with van der Waals surface area (Å²) in [6.07, 6.45) is 0. The van der Waals surface area contributed by atoms with Crippen LogP contribution in [0.15, 0.2) is 76.4 Å². The van der Waals surface area contributed by atoms with Crippen LogP contribution in [-0.4, -0.2) is 17.7 Å². The predicted octanol–water partition coefficient (Wildman–Crippen LogP) is 5.34. The summed E-state index contributed by atoms with van der Waals surface area (Å²) in [5.41, 5.74) is 4.10. The molecule has 1 aliphatic heterocycles. The molecule has 5 rings (SSSR count). The highest BCUT2D eigenvalue weighted by molar-refractivity contribution is 7.98. The van der Waals surface area contributed by atoms with Crippen LogP contribution in [0.5, 0.6) is 11.5 Å². The number of carbonyl (C=O) groups is 1. The molecular formula is C24H20N2O4S. The van der Waals surface area contributed by atoms with Gasteiger partial charge in [-0.2, -0.15) is 0 Å². The fourth-order valence-electron chi connectivity index (χ4n) is 3.46. The first-order valence-corrected chi connectivity index (χ1v) is 10.9. The Morgan fingerprint density at radius 3 is 2.77 bits per heavy atom. The van der Waals surface area contributed by atoms with E-state index in [0.29, 0.717) is 22.3 Å². The molecule has 31 heavy (non-hydrogen) atoms. The van der Waals surface area contributed by atoms with E-state index in [1.54, 1.807) is 0 Å². The third-order valence-corrected chi connectivity index (χ3v) is 6.01. The first-order chi connectivity index (χ1) is 15.2. The number of fused-ring (bicyclic) bond motifs is 2. The number of hydrogen-bond donors (Lipinski definition) is 1. The number of ether oxygens (including phenoxy) is 2. The van der Waals surface area contributed by atoms with Crippen molar-refractivity contribution in [2.75, 3.05) is 6.79 Å². The molecule has 0 bridgehead atoms. The minimum atomic E-state index is -0.181. The largest absolute Gasteiger partial charge is 0.454 e. The van der Waals surface area contributed by atoms with Crippen molar-refractivity contribution in [2.45, 2.75) is 23.9 Å². The van der Waals surface area contributed by atoms with Gasteiger partial charge in [-0.1, -0.05) is 48.2 Å². The molecule has 2 heterocycles. The van der Waals surface area contributed by atoms with Crippen LogP contribution in [0.1, 0.15) is 34.5 Å². The number of carbonyl (C=O) groups excluding carboxylic acids is 1. The highest BCUT2D eigenvalue weighted by Crippen LogP contribution is 2.34. The van der Waals surface area contributed by atoms with E-state index in [1.807, 2.05) is 73.7 Å². The minimum absolute atomic E-state index is 0.126. The van der Waals surface area contributed by atoms with E-state index in [1.165, 1.54) is 11.8 Å². The Labute approximate surface area is 183 Å². The van der Waals surface area contributed by atoms with Gasteiger partial charge >= 0.3 is 0 Å². The molecule has 0 aliphatic carbocycles. The van der Waals surface area contributed by atoms with E-state index in [2.05, 4.69) is 10.3 Å². The molecule has 0 radical (unpaired) electrons. The monoisotopic (exact) mass is 432 g/mol. The molecule has 7 heteroatoms. The zero-order valence-corrected chi connectivity index (χ0v) is 17.6. The molecule has 0 fully saturated rings. The summed E-state index contributed by atoms with van der Waals surface area (Å²) < 4.78 is 16.6. The molecule has 1 aromatic heterocycles. The molecule has 6 nitrogen and oxygen atoms in total. The van der Waals surface area contributed by atoms with Crippen LogP contribution >= 0.6 is 11.8 Å². The topological polar surface area (TPSA) is 73.6 Å². The zero-order chi connectivity index (χ0) is 21.2. The van der Waals surface area contributed by atoms with Gasteiger partial charge in [0.05, 0.1) is 6.04 Å². The molecule has 1 N–H and O–H groups in total. The summed E-state index contributed by atoms with van der Waals surface area (Å²) in [4.78, 5) is 17.5. The quantitative estimate of drug-likeness (QED) is 0.415. The van der Waals surface area contributed by atoms with Crippen LogP contribution in [0.4, 0.5) is 0 Å². The summed E-state index contributed by atoms with van der Waals surface area (Å²) >= 11 is 1.47. The highest BCUT2D eigenvalue weighted by Gasteiger charge is 2.19. The number of amides is 1. The van der Waals surface area contributed by atoms with Crippen molar-refractivity contribution >= 4 is 28.8 Å². The van der Waals surface area contributed by atoms with E-state index >= 15 is 0 Å². The van der Waals surface area contributed by atoms with Crippen molar-refractivity contribution in [1.29, 1.82) is 0 Å². The van der Waals surface area contributed by atoms with Crippen LogP contribution in [-0.2, 0) is 5.75 Å². The average molecular weight is 433 g/mol. The van der Waals surface area contributed by atoms with Gasteiger partial charge < -0.3 is 19.2 Å². The van der Waals surface area contributed by atoms with Crippen LogP contribution in [0, 0.1) is 0 Å². The molecule has 1 amide bonds. The lowest BCUT2D eigenvalue weighted by molar-refractivity contribution is 0.0939. The second kappa shape index (κ2) is 8.35. The van der Waals surface area contributed by atoms with Crippen LogP contribution < -0.4 is 14.8 Å². The average Bonchev–Trinajstić information content (AvgIpc) is 3.43. The molecule has 1 aliphatic rings. The molecule has 3 aromatic carbocycles. The molecule has 156 valence electrons. The number of rotatable bonds is 6. The Kier molecular flexibility index (Phi) is 5.26. The predicted molar refractivity (Wildman–Crippen MR) is 118 cm³/mol. The van der Waals surface area contributed by atoms with Gasteiger partial charge in [-0.05, 0) is 48.4 Å². The van der Waals surface area contributed by atoms with E-state index in [-0.39, 0.29) is 18.7 Å². The molecule has 0 saturated carbocycles. The number of para-hydroxylation sites is 2. The fraction of sp³-hybridized carbons (Fsp3) is 0.167. The van der Waals surface area contributed by atoms with Crippen LogP contribution in [0.2, 0.25) is 0 Å². The van der Waals surface area contributed by atoms with Crippen LogP contribution in [0.3, 0.4) is 0 Å². The van der Waals surface area contributed by atoms with Gasteiger partial charge in [-0.15, -0.1) is 0 Å². The highest BCUT2D eigenvalue weighted by atomic mass is 32.2. The third kappa shape index (κ3) is 4.09. The number of benzene rings is 3. The first-order valence-electron chi connectivity index (χ1n) is 9.94. The number of nitrogens with one attached hydrogen (secondary N) is 1. The minimum Gasteiger partial charge on any atom is -0.454 e. The standard InChI is InChI=1S/C24H20N2O4S/c1-15(16-10-11-21-22(12-16)29-14-28-21)25-23(27)18-7-3-2-6-17(18)13-31-24-26-19-8-4-5-9-20(19)30-24/h2-12,15H,13-14H2,1H3,(H,25,27)/t15-/m0/s1. The normalized spacial score (nSPS) is 13.3. The summed E-state index contributed by atoms with van der Waals surface area (Å²) in [6, 6.07) is 20.8.